The summed E-state index contributed by atoms with van der Waals surface area (Å²) in [6.07, 6.45) is -2.86. The van der Waals surface area contributed by atoms with Crippen molar-refractivity contribution in [3.05, 3.63) is 28.7 Å². The van der Waals surface area contributed by atoms with Crippen molar-refractivity contribution in [1.29, 1.82) is 0 Å². The van der Waals surface area contributed by atoms with Crippen molar-refractivity contribution in [1.82, 2.24) is 4.98 Å². The highest BCUT2D eigenvalue weighted by molar-refractivity contribution is 7.07. The molecular formula is C20H29NO8S. The first kappa shape index (κ1) is 24.4. The molecule has 0 radical (unpaired) electrons. The van der Waals surface area contributed by atoms with Crippen LogP contribution in [0, 0.1) is 0 Å². The van der Waals surface area contributed by atoms with E-state index in [2.05, 4.69) is 11.6 Å². The summed E-state index contributed by atoms with van der Waals surface area (Å²) in [5.74, 6) is -2.18. The summed E-state index contributed by atoms with van der Waals surface area (Å²) in [4.78, 5) is 28.7. The highest BCUT2D eigenvalue weighted by atomic mass is 32.1. The first-order valence-electron chi connectivity index (χ1n) is 9.46. The second kappa shape index (κ2) is 9.97. The molecule has 4 atom stereocenters. The molecule has 0 spiro atoms. The molecule has 1 saturated heterocycles. The van der Waals surface area contributed by atoms with Crippen LogP contribution in [0.15, 0.2) is 23.0 Å². The molecule has 0 saturated carbocycles. The molecule has 1 aromatic heterocycles. The minimum absolute atomic E-state index is 0.178. The van der Waals surface area contributed by atoms with E-state index in [1.807, 2.05) is 0 Å². The Kier molecular flexibility index (Phi) is 8.12. The first-order chi connectivity index (χ1) is 14.1. The van der Waals surface area contributed by atoms with Crippen molar-refractivity contribution < 1.29 is 38.0 Å². The minimum Gasteiger partial charge on any atom is -0.464 e. The van der Waals surface area contributed by atoms with Crippen LogP contribution in [-0.4, -0.2) is 61.0 Å². The van der Waals surface area contributed by atoms with Crippen LogP contribution in [0.5, 0.6) is 0 Å². The largest absolute Gasteiger partial charge is 0.464 e. The van der Waals surface area contributed by atoms with Crippen LogP contribution < -0.4 is 0 Å². The molecule has 1 aliphatic rings. The molecule has 168 valence electrons. The average Bonchev–Trinajstić information content (AvgIpc) is 3.28. The Hall–Kier alpha value is -1.85. The molecule has 30 heavy (non-hydrogen) atoms. The lowest BCUT2D eigenvalue weighted by atomic mass is 9.89. The maximum absolute atomic E-state index is 12.5. The second-order valence-electron chi connectivity index (χ2n) is 7.28. The van der Waals surface area contributed by atoms with Gasteiger partial charge >= 0.3 is 11.9 Å². The Bertz CT molecular complexity index is 750. The predicted octanol–water partition coefficient (Wildman–Crippen LogP) is 2.77. The van der Waals surface area contributed by atoms with Crippen molar-refractivity contribution in [3.63, 3.8) is 0 Å². The van der Waals surface area contributed by atoms with E-state index in [0.717, 1.165) is 0 Å². The molecule has 1 fully saturated rings. The molecule has 1 aromatic rings. The van der Waals surface area contributed by atoms with Gasteiger partial charge in [-0.05, 0) is 33.3 Å². The summed E-state index contributed by atoms with van der Waals surface area (Å²) in [7, 11) is 1.46. The Morgan fingerprint density at radius 2 is 2.07 bits per heavy atom. The smallest absolute Gasteiger partial charge is 0.341 e. The second-order valence-corrected chi connectivity index (χ2v) is 8.00. The zero-order valence-corrected chi connectivity index (χ0v) is 18.9. The van der Waals surface area contributed by atoms with Gasteiger partial charge in [-0.2, -0.15) is 0 Å². The number of rotatable bonds is 10. The Morgan fingerprint density at radius 1 is 1.37 bits per heavy atom. The van der Waals surface area contributed by atoms with Gasteiger partial charge in [-0.15, -0.1) is 11.3 Å². The van der Waals surface area contributed by atoms with Crippen molar-refractivity contribution >= 4 is 23.3 Å². The van der Waals surface area contributed by atoms with E-state index in [-0.39, 0.29) is 13.2 Å². The number of nitrogens with zero attached hydrogens (tertiary/aromatic N) is 1. The monoisotopic (exact) mass is 443 g/mol. The summed E-state index contributed by atoms with van der Waals surface area (Å²) in [6.45, 7) is 12.0. The van der Waals surface area contributed by atoms with Gasteiger partial charge in [0.1, 0.15) is 0 Å². The van der Waals surface area contributed by atoms with E-state index >= 15 is 0 Å². The molecule has 0 amide bonds. The fraction of sp³-hybridized carbons (Fsp3) is 0.650. The predicted molar refractivity (Wildman–Crippen MR) is 108 cm³/mol. The van der Waals surface area contributed by atoms with E-state index < -0.39 is 41.8 Å². The van der Waals surface area contributed by atoms with E-state index in [1.54, 1.807) is 38.6 Å². The van der Waals surface area contributed by atoms with Crippen molar-refractivity contribution in [3.8, 4) is 0 Å². The molecule has 10 heteroatoms. The third-order valence-corrected chi connectivity index (χ3v) is 5.09. The van der Waals surface area contributed by atoms with Crippen LogP contribution in [0.3, 0.4) is 0 Å². The summed E-state index contributed by atoms with van der Waals surface area (Å²) in [6, 6.07) is 0. The molecule has 2 unspecified atom stereocenters. The van der Waals surface area contributed by atoms with E-state index in [4.69, 9.17) is 28.4 Å². The Labute approximate surface area is 180 Å². The van der Waals surface area contributed by atoms with Gasteiger partial charge in [-0.25, -0.2) is 9.78 Å². The Balaban J connectivity index is 2.40. The zero-order valence-electron chi connectivity index (χ0n) is 18.1. The van der Waals surface area contributed by atoms with Gasteiger partial charge < -0.3 is 28.4 Å². The summed E-state index contributed by atoms with van der Waals surface area (Å²) in [5, 5.41) is 1.69. The van der Waals surface area contributed by atoms with Gasteiger partial charge in [0.25, 0.3) is 0 Å². The van der Waals surface area contributed by atoms with E-state index in [9.17, 15) is 9.59 Å². The van der Waals surface area contributed by atoms with Gasteiger partial charge in [0.15, 0.2) is 29.9 Å². The average molecular weight is 444 g/mol. The zero-order chi connectivity index (χ0) is 22.5. The topological polar surface area (TPSA) is 102 Å². The summed E-state index contributed by atoms with van der Waals surface area (Å²) < 4.78 is 34.0. The standard InChI is InChI=1S/C20H29NO8S/c1-8-25-17(23)15(14-9-30-11-21-14)26-10-20(12(2)3,27-13(4)22)16-18(24-7)29-19(5,6)28-16/h9,11,15-16,18H,2,8,10H2,1,3-7H3/t15?,16-,18+,20?/m0/s1. The van der Waals surface area contributed by atoms with Gasteiger partial charge in [-0.3, -0.25) is 4.79 Å². The lowest BCUT2D eigenvalue weighted by molar-refractivity contribution is -0.200. The van der Waals surface area contributed by atoms with Crippen molar-refractivity contribution in [2.75, 3.05) is 20.3 Å². The third kappa shape index (κ3) is 5.44. The van der Waals surface area contributed by atoms with Crippen LogP contribution in [0.4, 0.5) is 0 Å². The number of thiazole rings is 1. The number of ether oxygens (including phenoxy) is 6. The number of carbonyl (C=O) groups excluding carboxylic acids is 2. The third-order valence-electron chi connectivity index (χ3n) is 4.48. The molecule has 1 aliphatic heterocycles. The molecule has 2 rings (SSSR count). The molecule has 0 bridgehead atoms. The maximum Gasteiger partial charge on any atom is 0.341 e. The SMILES string of the molecule is C=C(C)C(COC(C(=O)OCC)c1cscn1)(OC(C)=O)[C@H]1OC(C)(C)O[C@H]1OC. The maximum atomic E-state index is 12.5. The van der Waals surface area contributed by atoms with Crippen LogP contribution in [0.2, 0.25) is 0 Å². The van der Waals surface area contributed by atoms with E-state index in [0.29, 0.717) is 11.3 Å². The number of esters is 2. The number of hydrogen-bond acceptors (Lipinski definition) is 10. The van der Waals surface area contributed by atoms with Crippen LogP contribution in [-0.2, 0) is 38.0 Å². The minimum atomic E-state index is -1.49. The molecule has 0 aliphatic carbocycles. The number of hydrogen-bond donors (Lipinski definition) is 0. The van der Waals surface area contributed by atoms with Crippen molar-refractivity contribution in [2.24, 2.45) is 0 Å². The van der Waals surface area contributed by atoms with Gasteiger partial charge in [0.05, 0.1) is 24.4 Å². The number of carbonyl (C=O) groups is 2. The number of methoxy groups -OCH3 is 1. The van der Waals surface area contributed by atoms with Gasteiger partial charge in [0, 0.05) is 19.4 Å². The normalized spacial score (nSPS) is 23.4. The fourth-order valence-corrected chi connectivity index (χ4v) is 3.71. The molecule has 2 heterocycles. The molecular weight excluding hydrogens is 414 g/mol. The van der Waals surface area contributed by atoms with E-state index in [1.165, 1.54) is 25.4 Å². The van der Waals surface area contributed by atoms with Crippen LogP contribution in [0.1, 0.15) is 46.4 Å². The highest BCUT2D eigenvalue weighted by Crippen LogP contribution is 2.40. The molecule has 0 N–H and O–H groups in total. The van der Waals surface area contributed by atoms with Crippen LogP contribution in [0.25, 0.3) is 0 Å². The molecule has 9 nitrogen and oxygen atoms in total. The van der Waals surface area contributed by atoms with Crippen molar-refractivity contribution in [2.45, 2.75) is 64.5 Å². The van der Waals surface area contributed by atoms with Gasteiger partial charge in [-0.1, -0.05) is 6.58 Å². The Morgan fingerprint density at radius 3 is 2.57 bits per heavy atom. The summed E-state index contributed by atoms with van der Waals surface area (Å²) in [5.41, 5.74) is 0.928. The summed E-state index contributed by atoms with van der Waals surface area (Å²) >= 11 is 1.32. The lowest BCUT2D eigenvalue weighted by Crippen LogP contribution is -2.55. The quantitative estimate of drug-likeness (QED) is 0.399. The van der Waals surface area contributed by atoms with Crippen LogP contribution >= 0.6 is 11.3 Å². The first-order valence-corrected chi connectivity index (χ1v) is 10.4. The number of aromatic nitrogens is 1. The fourth-order valence-electron chi connectivity index (χ4n) is 3.15. The highest BCUT2D eigenvalue weighted by Gasteiger charge is 2.57. The molecule has 0 aromatic carbocycles. The van der Waals surface area contributed by atoms with Gasteiger partial charge in [0.2, 0.25) is 0 Å². The lowest BCUT2D eigenvalue weighted by Gasteiger charge is -2.39.